The van der Waals surface area contributed by atoms with Crippen LogP contribution >= 0.6 is 0 Å². The highest BCUT2D eigenvalue weighted by Gasteiger charge is 2.04. The maximum Gasteiger partial charge on any atom is 0.128 e. The molecule has 0 atom stereocenters. The molecule has 2 aromatic carbocycles. The number of anilines is 1. The highest BCUT2D eigenvalue weighted by Crippen LogP contribution is 2.17. The molecular formula is C17H17FN2O. The molecule has 0 heterocycles. The zero-order valence-electron chi connectivity index (χ0n) is 11.9. The number of hydrogen-bond donors (Lipinski definition) is 1. The third-order valence-corrected chi connectivity index (χ3v) is 2.98. The van der Waals surface area contributed by atoms with Crippen LogP contribution in [0.15, 0.2) is 42.5 Å². The van der Waals surface area contributed by atoms with E-state index in [1.807, 2.05) is 30.3 Å². The Morgan fingerprint density at radius 2 is 1.95 bits per heavy atom. The van der Waals surface area contributed by atoms with Gasteiger partial charge in [0.25, 0.3) is 0 Å². The number of ether oxygens (including phenoxy) is 1. The SMILES string of the molecule is CCCOc1ccc(NCc2cc(C#N)ccc2F)cc1. The van der Waals surface area contributed by atoms with Crippen molar-refractivity contribution in [1.29, 1.82) is 5.26 Å². The highest BCUT2D eigenvalue weighted by molar-refractivity contribution is 5.47. The van der Waals surface area contributed by atoms with Crippen LogP contribution in [0, 0.1) is 17.1 Å². The minimum absolute atomic E-state index is 0.315. The van der Waals surface area contributed by atoms with Gasteiger partial charge in [0.1, 0.15) is 11.6 Å². The van der Waals surface area contributed by atoms with Gasteiger partial charge in [-0.2, -0.15) is 5.26 Å². The van der Waals surface area contributed by atoms with Crippen molar-refractivity contribution in [2.24, 2.45) is 0 Å². The van der Waals surface area contributed by atoms with Crippen LogP contribution < -0.4 is 10.1 Å². The molecule has 0 saturated carbocycles. The van der Waals surface area contributed by atoms with Gasteiger partial charge < -0.3 is 10.1 Å². The fraction of sp³-hybridized carbons (Fsp3) is 0.235. The first-order valence-electron chi connectivity index (χ1n) is 6.88. The molecule has 0 spiro atoms. The Hall–Kier alpha value is -2.54. The van der Waals surface area contributed by atoms with Crippen LogP contribution in [-0.4, -0.2) is 6.61 Å². The summed E-state index contributed by atoms with van der Waals surface area (Å²) in [6.45, 7) is 3.08. The normalized spacial score (nSPS) is 9.95. The first kappa shape index (κ1) is 14.9. The molecule has 0 saturated heterocycles. The molecule has 0 fully saturated rings. The Bertz CT molecular complexity index is 632. The number of rotatable bonds is 6. The molecular weight excluding hydrogens is 267 g/mol. The summed E-state index contributed by atoms with van der Waals surface area (Å²) in [6, 6.07) is 13.9. The number of nitrogens with zero attached hydrogens (tertiary/aromatic N) is 1. The van der Waals surface area contributed by atoms with E-state index in [1.54, 1.807) is 6.07 Å². The quantitative estimate of drug-likeness (QED) is 0.868. The van der Waals surface area contributed by atoms with Gasteiger partial charge in [0.2, 0.25) is 0 Å². The maximum atomic E-state index is 13.6. The average molecular weight is 284 g/mol. The van der Waals surface area contributed by atoms with Crippen molar-refractivity contribution < 1.29 is 9.13 Å². The Labute approximate surface area is 124 Å². The van der Waals surface area contributed by atoms with Gasteiger partial charge in [0.15, 0.2) is 0 Å². The van der Waals surface area contributed by atoms with E-state index >= 15 is 0 Å². The van der Waals surface area contributed by atoms with Gasteiger partial charge >= 0.3 is 0 Å². The summed E-state index contributed by atoms with van der Waals surface area (Å²) in [5.41, 5.74) is 1.80. The molecule has 1 N–H and O–H groups in total. The Morgan fingerprint density at radius 1 is 1.19 bits per heavy atom. The molecule has 2 rings (SSSR count). The largest absolute Gasteiger partial charge is 0.494 e. The Morgan fingerprint density at radius 3 is 2.62 bits per heavy atom. The highest BCUT2D eigenvalue weighted by atomic mass is 19.1. The summed E-state index contributed by atoms with van der Waals surface area (Å²) in [7, 11) is 0. The summed E-state index contributed by atoms with van der Waals surface area (Å²) >= 11 is 0. The molecule has 0 aliphatic heterocycles. The number of nitrogens with one attached hydrogen (secondary N) is 1. The van der Waals surface area contributed by atoms with E-state index in [4.69, 9.17) is 10.00 Å². The maximum absolute atomic E-state index is 13.6. The van der Waals surface area contributed by atoms with Gasteiger partial charge in [0.05, 0.1) is 18.2 Å². The molecule has 108 valence electrons. The second-order valence-electron chi connectivity index (χ2n) is 4.64. The van der Waals surface area contributed by atoms with E-state index in [0.717, 1.165) is 17.9 Å². The Balaban J connectivity index is 1.98. The van der Waals surface area contributed by atoms with Crippen LogP contribution in [0.3, 0.4) is 0 Å². The van der Waals surface area contributed by atoms with Crippen molar-refractivity contribution in [2.45, 2.75) is 19.9 Å². The molecule has 21 heavy (non-hydrogen) atoms. The number of halogens is 1. The molecule has 0 aliphatic rings. The minimum atomic E-state index is -0.315. The van der Waals surface area contributed by atoms with E-state index in [2.05, 4.69) is 12.2 Å². The fourth-order valence-corrected chi connectivity index (χ4v) is 1.87. The van der Waals surface area contributed by atoms with Gasteiger partial charge in [-0.15, -0.1) is 0 Å². The lowest BCUT2D eigenvalue weighted by Gasteiger charge is -2.09. The lowest BCUT2D eigenvalue weighted by Crippen LogP contribution is -2.02. The monoisotopic (exact) mass is 284 g/mol. The van der Waals surface area contributed by atoms with E-state index in [9.17, 15) is 4.39 Å². The molecule has 0 aliphatic carbocycles. The number of hydrogen-bond acceptors (Lipinski definition) is 3. The van der Waals surface area contributed by atoms with Gasteiger partial charge in [0, 0.05) is 17.8 Å². The van der Waals surface area contributed by atoms with E-state index in [-0.39, 0.29) is 5.82 Å². The van der Waals surface area contributed by atoms with Crippen LogP contribution in [0.4, 0.5) is 10.1 Å². The standard InChI is InChI=1S/C17H17FN2O/c1-2-9-21-16-6-4-15(5-7-16)20-12-14-10-13(11-19)3-8-17(14)18/h3-8,10,20H,2,9,12H2,1H3. The summed E-state index contributed by atoms with van der Waals surface area (Å²) in [5, 5.41) is 12.0. The number of nitriles is 1. The van der Waals surface area contributed by atoms with Gasteiger partial charge in [-0.3, -0.25) is 0 Å². The molecule has 3 nitrogen and oxygen atoms in total. The molecule has 0 bridgehead atoms. The van der Waals surface area contributed by atoms with Gasteiger partial charge in [-0.05, 0) is 48.9 Å². The van der Waals surface area contributed by atoms with E-state index in [1.165, 1.54) is 12.1 Å². The molecule has 0 aromatic heterocycles. The van der Waals surface area contributed by atoms with Crippen molar-refractivity contribution in [3.8, 4) is 11.8 Å². The van der Waals surface area contributed by atoms with Crippen LogP contribution in [-0.2, 0) is 6.54 Å². The van der Waals surface area contributed by atoms with Crippen LogP contribution in [0.5, 0.6) is 5.75 Å². The number of benzene rings is 2. The van der Waals surface area contributed by atoms with Crippen molar-refractivity contribution in [1.82, 2.24) is 0 Å². The summed E-state index contributed by atoms with van der Waals surface area (Å²) in [6.07, 6.45) is 0.967. The molecule has 2 aromatic rings. The fourth-order valence-electron chi connectivity index (χ4n) is 1.87. The van der Waals surface area contributed by atoms with E-state index in [0.29, 0.717) is 24.3 Å². The molecule has 0 unspecified atom stereocenters. The minimum Gasteiger partial charge on any atom is -0.494 e. The van der Waals surface area contributed by atoms with Crippen molar-refractivity contribution in [3.05, 3.63) is 59.4 Å². The topological polar surface area (TPSA) is 45.0 Å². The zero-order valence-corrected chi connectivity index (χ0v) is 11.9. The summed E-state index contributed by atoms with van der Waals surface area (Å²) < 4.78 is 19.1. The molecule has 0 radical (unpaired) electrons. The van der Waals surface area contributed by atoms with Crippen molar-refractivity contribution in [3.63, 3.8) is 0 Å². The molecule has 4 heteroatoms. The van der Waals surface area contributed by atoms with Crippen molar-refractivity contribution in [2.75, 3.05) is 11.9 Å². The zero-order chi connectivity index (χ0) is 15.1. The lowest BCUT2D eigenvalue weighted by molar-refractivity contribution is 0.317. The molecule has 0 amide bonds. The van der Waals surface area contributed by atoms with E-state index < -0.39 is 0 Å². The summed E-state index contributed by atoms with van der Waals surface area (Å²) in [5.74, 6) is 0.504. The van der Waals surface area contributed by atoms with Gasteiger partial charge in [-0.1, -0.05) is 6.92 Å². The second kappa shape index (κ2) is 7.30. The predicted octanol–water partition coefficient (Wildman–Crippen LogP) is 4.10. The third-order valence-electron chi connectivity index (χ3n) is 2.98. The predicted molar refractivity (Wildman–Crippen MR) is 80.7 cm³/mol. The average Bonchev–Trinajstić information content (AvgIpc) is 2.53. The van der Waals surface area contributed by atoms with Crippen LogP contribution in [0.1, 0.15) is 24.5 Å². The third kappa shape index (κ3) is 4.22. The lowest BCUT2D eigenvalue weighted by atomic mass is 10.1. The van der Waals surface area contributed by atoms with Gasteiger partial charge in [-0.25, -0.2) is 4.39 Å². The van der Waals surface area contributed by atoms with Crippen molar-refractivity contribution >= 4 is 5.69 Å². The summed E-state index contributed by atoms with van der Waals surface area (Å²) in [4.78, 5) is 0. The first-order valence-corrected chi connectivity index (χ1v) is 6.88. The smallest absolute Gasteiger partial charge is 0.128 e. The Kier molecular flexibility index (Phi) is 5.16. The second-order valence-corrected chi connectivity index (χ2v) is 4.64. The van der Waals surface area contributed by atoms with Crippen LogP contribution in [0.2, 0.25) is 0 Å². The van der Waals surface area contributed by atoms with Crippen LogP contribution in [0.25, 0.3) is 0 Å². The first-order chi connectivity index (χ1) is 10.2.